The first-order valence-corrected chi connectivity index (χ1v) is 11.7. The minimum Gasteiger partial charge on any atom is -0.408 e. The van der Waals surface area contributed by atoms with E-state index in [1.165, 1.54) is 15.7 Å². The monoisotopic (exact) mass is 435 g/mol. The van der Waals surface area contributed by atoms with Crippen molar-refractivity contribution in [3.05, 3.63) is 70.2 Å². The molecule has 4 rings (SSSR count). The predicted octanol–water partition coefficient (Wildman–Crippen LogP) is 4.82. The molecule has 2 aromatic carbocycles. The van der Waals surface area contributed by atoms with Crippen molar-refractivity contribution in [2.75, 3.05) is 13.6 Å². The maximum atomic E-state index is 12.7. The standard InChI is InChI=1S/C26H33N3O3/c1-28(25(30)27-16-7-6-11-19-9-4-3-5-10-19)22-13-8-12-20(17-22)21-14-15-23-24(18-21)32-26(31)29(23)2/h3-5,9-10,14-15,18,20,22H,6-8,11-13,16-17H2,1-2H3,(H,27,30). The second kappa shape index (κ2) is 10.1. The van der Waals surface area contributed by atoms with E-state index in [1.807, 2.05) is 30.1 Å². The molecule has 1 aromatic heterocycles. The van der Waals surface area contributed by atoms with Crippen molar-refractivity contribution in [1.29, 1.82) is 0 Å². The zero-order valence-corrected chi connectivity index (χ0v) is 19.0. The van der Waals surface area contributed by atoms with E-state index in [-0.39, 0.29) is 17.8 Å². The van der Waals surface area contributed by atoms with Gasteiger partial charge in [0.2, 0.25) is 0 Å². The average molecular weight is 436 g/mol. The molecule has 2 atom stereocenters. The summed E-state index contributed by atoms with van der Waals surface area (Å²) in [6, 6.07) is 16.8. The Morgan fingerprint density at radius 1 is 1.16 bits per heavy atom. The van der Waals surface area contributed by atoms with E-state index in [0.717, 1.165) is 50.5 Å². The molecule has 3 aromatic rings. The highest BCUT2D eigenvalue weighted by atomic mass is 16.4. The second-order valence-electron chi connectivity index (χ2n) is 8.96. The second-order valence-corrected chi connectivity index (χ2v) is 8.96. The summed E-state index contributed by atoms with van der Waals surface area (Å²) >= 11 is 0. The molecule has 1 aliphatic carbocycles. The van der Waals surface area contributed by atoms with Crippen molar-refractivity contribution in [2.24, 2.45) is 7.05 Å². The number of fused-ring (bicyclic) bond motifs is 1. The molecule has 1 heterocycles. The Hall–Kier alpha value is -3.02. The first-order valence-electron chi connectivity index (χ1n) is 11.7. The number of oxazole rings is 1. The van der Waals surface area contributed by atoms with E-state index in [9.17, 15) is 9.59 Å². The zero-order valence-electron chi connectivity index (χ0n) is 19.0. The number of amides is 2. The number of carbonyl (C=O) groups is 1. The topological polar surface area (TPSA) is 67.5 Å². The van der Waals surface area contributed by atoms with Crippen LogP contribution in [0.3, 0.4) is 0 Å². The van der Waals surface area contributed by atoms with E-state index >= 15 is 0 Å². The Morgan fingerprint density at radius 2 is 1.97 bits per heavy atom. The Bertz CT molecular complexity index is 1100. The van der Waals surface area contributed by atoms with Crippen LogP contribution in [0.2, 0.25) is 0 Å². The van der Waals surface area contributed by atoms with E-state index in [1.54, 1.807) is 7.05 Å². The number of hydrogen-bond acceptors (Lipinski definition) is 3. The summed E-state index contributed by atoms with van der Waals surface area (Å²) in [5, 5.41) is 3.09. The Labute approximate surface area is 189 Å². The molecule has 1 N–H and O–H groups in total. The number of hydrogen-bond donors (Lipinski definition) is 1. The minimum atomic E-state index is -0.334. The quantitative estimate of drug-likeness (QED) is 0.541. The van der Waals surface area contributed by atoms with E-state index in [2.05, 4.69) is 35.6 Å². The molecular formula is C26H33N3O3. The zero-order chi connectivity index (χ0) is 22.5. The third kappa shape index (κ3) is 5.06. The van der Waals surface area contributed by atoms with Gasteiger partial charge in [0.15, 0.2) is 5.58 Å². The van der Waals surface area contributed by atoms with Crippen LogP contribution in [0.5, 0.6) is 0 Å². The Balaban J connectivity index is 1.27. The Kier molecular flexibility index (Phi) is 6.98. The highest BCUT2D eigenvalue weighted by Gasteiger charge is 2.28. The molecule has 0 aliphatic heterocycles. The SMILES string of the molecule is CN(C(=O)NCCCCc1ccccc1)C1CCCC(c2ccc3c(c2)oc(=O)n3C)C1. The molecule has 1 aliphatic rings. The number of aryl methyl sites for hydroxylation is 2. The van der Waals surface area contributed by atoms with Gasteiger partial charge in [-0.2, -0.15) is 0 Å². The van der Waals surface area contributed by atoms with Crippen molar-refractivity contribution in [1.82, 2.24) is 14.8 Å². The number of nitrogens with one attached hydrogen (secondary N) is 1. The van der Waals surface area contributed by atoms with Crippen LogP contribution in [0, 0.1) is 0 Å². The molecule has 2 amide bonds. The van der Waals surface area contributed by atoms with E-state index < -0.39 is 0 Å². The number of nitrogens with zero attached hydrogens (tertiary/aromatic N) is 2. The molecule has 0 radical (unpaired) electrons. The third-order valence-corrected chi connectivity index (χ3v) is 6.81. The van der Waals surface area contributed by atoms with E-state index in [0.29, 0.717) is 18.0 Å². The molecule has 1 saturated carbocycles. The van der Waals surface area contributed by atoms with Gasteiger partial charge < -0.3 is 14.6 Å². The van der Waals surface area contributed by atoms with Crippen molar-refractivity contribution in [2.45, 2.75) is 56.9 Å². The van der Waals surface area contributed by atoms with Crippen LogP contribution in [-0.4, -0.2) is 35.1 Å². The first kappa shape index (κ1) is 22.2. The van der Waals surface area contributed by atoms with Crippen LogP contribution in [-0.2, 0) is 13.5 Å². The summed E-state index contributed by atoms with van der Waals surface area (Å²) in [5.41, 5.74) is 3.98. The van der Waals surface area contributed by atoms with Gasteiger partial charge in [0.25, 0.3) is 0 Å². The highest BCUT2D eigenvalue weighted by molar-refractivity contribution is 5.74. The lowest BCUT2D eigenvalue weighted by Crippen LogP contribution is -2.45. The lowest BCUT2D eigenvalue weighted by atomic mass is 9.81. The number of benzene rings is 2. The third-order valence-electron chi connectivity index (χ3n) is 6.81. The van der Waals surface area contributed by atoms with Gasteiger partial charge in [-0.15, -0.1) is 0 Å². The van der Waals surface area contributed by atoms with Gasteiger partial charge in [-0.1, -0.05) is 42.8 Å². The van der Waals surface area contributed by atoms with Crippen LogP contribution in [0.15, 0.2) is 57.7 Å². The van der Waals surface area contributed by atoms with Crippen molar-refractivity contribution in [3.8, 4) is 0 Å². The smallest absolute Gasteiger partial charge is 0.408 e. The predicted molar refractivity (Wildman–Crippen MR) is 127 cm³/mol. The van der Waals surface area contributed by atoms with Crippen molar-refractivity contribution >= 4 is 17.1 Å². The maximum Gasteiger partial charge on any atom is 0.419 e. The summed E-state index contributed by atoms with van der Waals surface area (Å²) in [6.45, 7) is 0.704. The average Bonchev–Trinajstić information content (AvgIpc) is 3.11. The van der Waals surface area contributed by atoms with Gasteiger partial charge in [-0.3, -0.25) is 4.57 Å². The lowest BCUT2D eigenvalue weighted by Gasteiger charge is -2.35. The summed E-state index contributed by atoms with van der Waals surface area (Å²) < 4.78 is 6.90. The fourth-order valence-corrected chi connectivity index (χ4v) is 4.81. The summed E-state index contributed by atoms with van der Waals surface area (Å²) in [4.78, 5) is 26.4. The summed E-state index contributed by atoms with van der Waals surface area (Å²) in [7, 11) is 3.63. The van der Waals surface area contributed by atoms with E-state index in [4.69, 9.17) is 4.42 Å². The molecule has 170 valence electrons. The number of urea groups is 1. The van der Waals surface area contributed by atoms with Crippen LogP contribution >= 0.6 is 0 Å². The molecule has 0 saturated heterocycles. The van der Waals surface area contributed by atoms with Gasteiger partial charge in [0.05, 0.1) is 5.52 Å². The molecule has 6 nitrogen and oxygen atoms in total. The van der Waals surface area contributed by atoms with Crippen LogP contribution < -0.4 is 11.1 Å². The van der Waals surface area contributed by atoms with Crippen LogP contribution in [0.25, 0.3) is 11.1 Å². The largest absolute Gasteiger partial charge is 0.419 e. The molecule has 6 heteroatoms. The van der Waals surface area contributed by atoms with Gasteiger partial charge in [0, 0.05) is 26.7 Å². The number of aromatic nitrogens is 1. The fraction of sp³-hybridized carbons (Fsp3) is 0.462. The van der Waals surface area contributed by atoms with Crippen molar-refractivity contribution < 1.29 is 9.21 Å². The van der Waals surface area contributed by atoms with Gasteiger partial charge in [-0.25, -0.2) is 9.59 Å². The summed E-state index contributed by atoms with van der Waals surface area (Å²) in [5.74, 6) is 0.0311. The number of unbranched alkanes of at least 4 members (excludes halogenated alkanes) is 1. The van der Waals surface area contributed by atoms with Crippen LogP contribution in [0.1, 0.15) is 55.6 Å². The highest BCUT2D eigenvalue weighted by Crippen LogP contribution is 2.35. The van der Waals surface area contributed by atoms with Crippen molar-refractivity contribution in [3.63, 3.8) is 0 Å². The first-order chi connectivity index (χ1) is 15.5. The molecule has 32 heavy (non-hydrogen) atoms. The summed E-state index contributed by atoms with van der Waals surface area (Å²) in [6.07, 6.45) is 7.22. The van der Waals surface area contributed by atoms with Gasteiger partial charge in [0.1, 0.15) is 0 Å². The fourth-order valence-electron chi connectivity index (χ4n) is 4.81. The van der Waals surface area contributed by atoms with Crippen LogP contribution in [0.4, 0.5) is 4.79 Å². The number of carbonyl (C=O) groups excluding carboxylic acids is 1. The minimum absolute atomic E-state index is 0.0138. The maximum absolute atomic E-state index is 12.7. The normalized spacial score (nSPS) is 18.6. The van der Waals surface area contributed by atoms with Gasteiger partial charge >= 0.3 is 11.8 Å². The molecule has 1 fully saturated rings. The van der Waals surface area contributed by atoms with Gasteiger partial charge in [-0.05, 0) is 67.7 Å². The number of rotatable bonds is 7. The molecule has 2 unspecified atom stereocenters. The lowest BCUT2D eigenvalue weighted by molar-refractivity contribution is 0.168. The molecule has 0 bridgehead atoms. The Morgan fingerprint density at radius 3 is 2.78 bits per heavy atom. The molecule has 0 spiro atoms. The molecular weight excluding hydrogens is 402 g/mol.